The summed E-state index contributed by atoms with van der Waals surface area (Å²) in [4.78, 5) is 0. The van der Waals surface area contributed by atoms with Crippen molar-refractivity contribution in [1.82, 2.24) is 0 Å². The molecule has 0 heterocycles. The molecule has 2 aliphatic carbocycles. The van der Waals surface area contributed by atoms with Crippen molar-refractivity contribution in [3.05, 3.63) is 62.3 Å². The summed E-state index contributed by atoms with van der Waals surface area (Å²) < 4.78 is 2.57. The first-order chi connectivity index (χ1) is 13.9. The van der Waals surface area contributed by atoms with E-state index in [9.17, 15) is 0 Å². The Morgan fingerprint density at radius 3 is 2.26 bits per heavy atom. The van der Waals surface area contributed by atoms with Crippen molar-refractivity contribution in [2.75, 3.05) is 12.3 Å². The van der Waals surface area contributed by atoms with E-state index in [1.807, 2.05) is 9.19 Å². The third-order valence-corrected chi connectivity index (χ3v) is 12.6. The molecule has 0 aliphatic heterocycles. The van der Waals surface area contributed by atoms with Crippen LogP contribution in [0.4, 0.5) is 0 Å². The van der Waals surface area contributed by atoms with E-state index in [0.29, 0.717) is 0 Å². The zero-order valence-corrected chi connectivity index (χ0v) is 24.1. The Bertz CT molecular complexity index is 784. The molecule has 0 fully saturated rings. The smallest absolute Gasteiger partial charge is 1.00 e. The maximum atomic E-state index is 2.62. The number of rotatable bonds is 10. The summed E-state index contributed by atoms with van der Waals surface area (Å²) >= 11 is -0.187. The van der Waals surface area contributed by atoms with E-state index in [-0.39, 0.29) is 51.9 Å². The van der Waals surface area contributed by atoms with Crippen molar-refractivity contribution in [2.24, 2.45) is 17.8 Å². The number of hydrogen-bond acceptors (Lipinski definition) is 0. The first-order valence-corrected chi connectivity index (χ1v) is 15.0. The molecule has 2 unspecified atom stereocenters. The third kappa shape index (κ3) is 7.59. The fraction of sp³-hybridized carbons (Fsp3) is 0.556. The quantitative estimate of drug-likeness (QED) is 0.334. The number of hydrogen-bond donors (Lipinski definition) is 0. The predicted molar refractivity (Wildman–Crippen MR) is 128 cm³/mol. The molecule has 0 saturated carbocycles. The number of fused-ring (bicyclic) bond motifs is 1. The van der Waals surface area contributed by atoms with E-state index in [1.54, 1.807) is 11.1 Å². The number of halogens is 2. The van der Waals surface area contributed by atoms with E-state index >= 15 is 0 Å². The van der Waals surface area contributed by atoms with Gasteiger partial charge in [-0.25, -0.2) is 0 Å². The van der Waals surface area contributed by atoms with E-state index in [2.05, 4.69) is 84.0 Å². The molecule has 3 rings (SSSR count). The van der Waals surface area contributed by atoms with E-state index in [4.69, 9.17) is 0 Å². The SMILES string of the molecule is CCCC(C)C1=[C]([Ti+2][CH]2C(P(CC(C)C)CC(C)C)=Cc3ccccc32)CC=C1.[Cl-].[Cl-]. The molecule has 0 bridgehead atoms. The van der Waals surface area contributed by atoms with E-state index < -0.39 is 0 Å². The zero-order valence-electron chi connectivity index (χ0n) is 20.1. The maximum Gasteiger partial charge on any atom is -1.00 e. The molecule has 2 aliphatic rings. The zero-order chi connectivity index (χ0) is 21.0. The molecule has 0 nitrogen and oxygen atoms in total. The average molecular weight is 513 g/mol. The summed E-state index contributed by atoms with van der Waals surface area (Å²) in [5.74, 6) is 2.31. The summed E-state index contributed by atoms with van der Waals surface area (Å²) in [6.45, 7) is 14.4. The van der Waals surface area contributed by atoms with Crippen molar-refractivity contribution in [3.8, 4) is 0 Å². The van der Waals surface area contributed by atoms with Gasteiger partial charge < -0.3 is 24.8 Å². The van der Waals surface area contributed by atoms with Gasteiger partial charge in [-0.05, 0) is 0 Å². The second-order valence-corrected chi connectivity index (χ2v) is 14.3. The van der Waals surface area contributed by atoms with Crippen molar-refractivity contribution < 1.29 is 44.0 Å². The normalized spacial score (nSPS) is 18.1. The van der Waals surface area contributed by atoms with E-state index in [1.165, 1.54) is 37.1 Å². The maximum absolute atomic E-state index is 2.62. The second kappa shape index (κ2) is 13.8. The molecule has 1 aromatic rings. The van der Waals surface area contributed by atoms with Crippen LogP contribution in [0.3, 0.4) is 0 Å². The van der Waals surface area contributed by atoms with Crippen LogP contribution in [0, 0.1) is 17.8 Å². The summed E-state index contributed by atoms with van der Waals surface area (Å²) in [6, 6.07) is 9.29. The summed E-state index contributed by atoms with van der Waals surface area (Å²) in [7, 11) is -0.0335. The molecule has 2 atom stereocenters. The first kappa shape index (κ1) is 29.2. The van der Waals surface area contributed by atoms with Gasteiger partial charge in [-0.1, -0.05) is 0 Å². The topological polar surface area (TPSA) is 0 Å². The molecule has 0 radical (unpaired) electrons. The Balaban J connectivity index is 0.00000240. The predicted octanol–water partition coefficient (Wildman–Crippen LogP) is 2.62. The minimum Gasteiger partial charge on any atom is -1.00 e. The molecule has 0 spiro atoms. The van der Waals surface area contributed by atoms with Gasteiger partial charge in [0.15, 0.2) is 0 Å². The van der Waals surface area contributed by atoms with Gasteiger partial charge in [-0.3, -0.25) is 0 Å². The van der Waals surface area contributed by atoms with E-state index in [0.717, 1.165) is 22.0 Å². The fourth-order valence-electron chi connectivity index (χ4n) is 4.79. The Morgan fingerprint density at radius 1 is 1.00 bits per heavy atom. The van der Waals surface area contributed by atoms with Crippen LogP contribution in [0.15, 0.2) is 51.2 Å². The van der Waals surface area contributed by atoms with Gasteiger partial charge in [0.2, 0.25) is 0 Å². The van der Waals surface area contributed by atoms with Gasteiger partial charge in [0.05, 0.1) is 0 Å². The molecule has 1 aromatic carbocycles. The Labute approximate surface area is 214 Å². The van der Waals surface area contributed by atoms with Crippen molar-refractivity contribution in [1.29, 1.82) is 0 Å². The van der Waals surface area contributed by atoms with Crippen LogP contribution >= 0.6 is 7.92 Å². The Morgan fingerprint density at radius 2 is 1.65 bits per heavy atom. The van der Waals surface area contributed by atoms with Gasteiger partial charge in [-0.2, -0.15) is 0 Å². The van der Waals surface area contributed by atoms with Crippen LogP contribution in [0.2, 0.25) is 0 Å². The molecular weight excluding hydrogens is 474 g/mol. The molecule has 0 N–H and O–H groups in total. The van der Waals surface area contributed by atoms with Gasteiger partial charge in [0, 0.05) is 0 Å². The van der Waals surface area contributed by atoms with Crippen molar-refractivity contribution in [3.63, 3.8) is 0 Å². The molecular formula is C27H39Cl2PTi. The van der Waals surface area contributed by atoms with Crippen molar-refractivity contribution in [2.45, 2.75) is 65.0 Å². The van der Waals surface area contributed by atoms with Crippen molar-refractivity contribution >= 4 is 14.0 Å². The van der Waals surface area contributed by atoms with Crippen LogP contribution in [0.1, 0.15) is 76.2 Å². The number of allylic oxidation sites excluding steroid dienone is 5. The Kier molecular flexibility index (Phi) is 13.0. The minimum atomic E-state index is -0.187. The van der Waals surface area contributed by atoms with Crippen LogP contribution in [-0.4, -0.2) is 12.3 Å². The fourth-order valence-corrected chi connectivity index (χ4v) is 11.8. The van der Waals surface area contributed by atoms with Crippen LogP contribution in [0.25, 0.3) is 6.08 Å². The molecule has 0 aromatic heterocycles. The molecule has 0 amide bonds. The summed E-state index contributed by atoms with van der Waals surface area (Å²) in [6.07, 6.45) is 14.2. The van der Waals surface area contributed by atoms with Gasteiger partial charge in [0.25, 0.3) is 0 Å². The van der Waals surface area contributed by atoms with Crippen LogP contribution < -0.4 is 24.8 Å². The third-order valence-electron chi connectivity index (χ3n) is 5.98. The standard InChI is InChI=1S/C17H24P.C10H15.2ClH.Ti/c1-13(2)11-18(12-14(3)4)17-9-15-7-5-6-8-16(15)10-17;1-3-6-9(2)10-7-4-5-8-10;;;/h5-10,13-14H,11-12H2,1-4H3;4,7,9H,3,5-6H2,1-2H3;2*1H;/q;;;;+2/p-2. The van der Waals surface area contributed by atoms with Crippen LogP contribution in [0.5, 0.6) is 0 Å². The minimum absolute atomic E-state index is 0. The monoisotopic (exact) mass is 512 g/mol. The molecule has 0 saturated heterocycles. The largest absolute Gasteiger partial charge is 1.00 e. The van der Waals surface area contributed by atoms with Gasteiger partial charge >= 0.3 is 191 Å². The van der Waals surface area contributed by atoms with Crippen LogP contribution in [-0.2, 0) is 19.2 Å². The second-order valence-electron chi connectivity index (χ2n) is 9.70. The summed E-state index contributed by atoms with van der Waals surface area (Å²) in [5.41, 5.74) is 4.86. The molecule has 170 valence electrons. The van der Waals surface area contributed by atoms with Gasteiger partial charge in [-0.15, -0.1) is 0 Å². The molecule has 4 heteroatoms. The first-order valence-electron chi connectivity index (χ1n) is 11.6. The van der Waals surface area contributed by atoms with Gasteiger partial charge in [0.1, 0.15) is 0 Å². The molecule has 31 heavy (non-hydrogen) atoms. The summed E-state index contributed by atoms with van der Waals surface area (Å²) in [5, 5.41) is 1.84. The Hall–Kier alpha value is 0.164. The number of benzene rings is 1. The average Bonchev–Trinajstić information content (AvgIpc) is 3.26.